The summed E-state index contributed by atoms with van der Waals surface area (Å²) in [7, 11) is -9.95. The minimum absolute atomic E-state index is 0.0737. The van der Waals surface area contributed by atoms with E-state index in [2.05, 4.69) is 113 Å². The number of aliphatic hydroxyl groups excluding tert-OH is 1. The van der Waals surface area contributed by atoms with Crippen molar-refractivity contribution in [3.8, 4) is 0 Å². The van der Waals surface area contributed by atoms with E-state index in [-0.39, 0.29) is 25.7 Å². The molecular formula is C77H136O17P2. The first-order chi connectivity index (χ1) is 46.7. The van der Waals surface area contributed by atoms with Gasteiger partial charge in [-0.2, -0.15) is 0 Å². The highest BCUT2D eigenvalue weighted by molar-refractivity contribution is 7.47. The van der Waals surface area contributed by atoms with E-state index >= 15 is 0 Å². The molecule has 556 valence electrons. The Bertz CT molecular complexity index is 2160. The summed E-state index contributed by atoms with van der Waals surface area (Å²) in [4.78, 5) is 72.7. The molecule has 96 heavy (non-hydrogen) atoms. The third-order valence-corrected chi connectivity index (χ3v) is 17.7. The Morgan fingerprint density at radius 1 is 0.302 bits per heavy atom. The molecule has 3 N–H and O–H groups in total. The van der Waals surface area contributed by atoms with Crippen molar-refractivity contribution in [2.45, 2.75) is 341 Å². The number of aliphatic hydroxyl groups is 1. The number of unbranched alkanes of at least 4 members (excludes halogenated alkanes) is 31. The summed E-state index contributed by atoms with van der Waals surface area (Å²) in [5.41, 5.74) is 0. The molecule has 0 amide bonds. The van der Waals surface area contributed by atoms with Crippen LogP contribution in [0.1, 0.15) is 323 Å². The van der Waals surface area contributed by atoms with E-state index in [0.717, 1.165) is 167 Å². The number of esters is 4. The van der Waals surface area contributed by atoms with E-state index in [1.165, 1.54) is 77.0 Å². The number of phosphoric ester groups is 2. The Hall–Kier alpha value is -3.76. The minimum Gasteiger partial charge on any atom is -0.462 e. The average molecular weight is 1400 g/mol. The van der Waals surface area contributed by atoms with Crippen LogP contribution >= 0.6 is 15.6 Å². The molecule has 0 bridgehead atoms. The highest BCUT2D eigenvalue weighted by Gasteiger charge is 2.30. The highest BCUT2D eigenvalue weighted by Crippen LogP contribution is 2.45. The molecule has 0 heterocycles. The van der Waals surface area contributed by atoms with Crippen LogP contribution < -0.4 is 0 Å². The van der Waals surface area contributed by atoms with Crippen LogP contribution in [0.4, 0.5) is 0 Å². The van der Waals surface area contributed by atoms with Crippen molar-refractivity contribution in [1.29, 1.82) is 0 Å². The molecule has 0 aliphatic rings. The summed E-state index contributed by atoms with van der Waals surface area (Å²) < 4.78 is 68.4. The van der Waals surface area contributed by atoms with Gasteiger partial charge in [0.1, 0.15) is 19.3 Å². The van der Waals surface area contributed by atoms with Crippen LogP contribution in [0.25, 0.3) is 0 Å². The number of phosphoric acid groups is 2. The Morgan fingerprint density at radius 2 is 0.562 bits per heavy atom. The summed E-state index contributed by atoms with van der Waals surface area (Å²) in [6.07, 6.45) is 70.1. The molecular weight excluding hydrogens is 1260 g/mol. The molecule has 0 spiro atoms. The lowest BCUT2D eigenvalue weighted by Crippen LogP contribution is -2.30. The van der Waals surface area contributed by atoms with Crippen LogP contribution in [-0.2, 0) is 65.4 Å². The fourth-order valence-corrected chi connectivity index (χ4v) is 11.6. The maximum absolute atomic E-state index is 13.1. The normalized spacial score (nSPS) is 14.4. The molecule has 5 unspecified atom stereocenters. The molecule has 0 saturated heterocycles. The lowest BCUT2D eigenvalue weighted by Gasteiger charge is -2.21. The predicted molar refractivity (Wildman–Crippen MR) is 390 cm³/mol. The van der Waals surface area contributed by atoms with Gasteiger partial charge in [0.25, 0.3) is 0 Å². The molecule has 0 fully saturated rings. The van der Waals surface area contributed by atoms with Crippen LogP contribution in [0.2, 0.25) is 0 Å². The third kappa shape index (κ3) is 68.8. The van der Waals surface area contributed by atoms with E-state index < -0.39 is 97.5 Å². The SMILES string of the molecule is CC/C=C\C/C=C\C/C=C\C/C=C\CCCCCCC(=O)OCC(COP(=O)(O)OCC(O)COP(=O)(O)OCC(COC(=O)CCCCCCC/C=C\CCCCCCCC)OC(=O)CCCCCCCCCCCCC)OC(=O)CCCCCCC/C=C\C/C=C\CCC. The van der Waals surface area contributed by atoms with Crippen molar-refractivity contribution in [1.82, 2.24) is 0 Å². The Labute approximate surface area is 583 Å². The fraction of sp³-hybridized carbons (Fsp3) is 0.766. The molecule has 0 aliphatic heterocycles. The van der Waals surface area contributed by atoms with E-state index in [1.807, 2.05) is 0 Å². The highest BCUT2D eigenvalue weighted by atomic mass is 31.2. The smallest absolute Gasteiger partial charge is 0.462 e. The molecule has 0 rings (SSSR count). The monoisotopic (exact) mass is 1390 g/mol. The van der Waals surface area contributed by atoms with E-state index in [4.69, 9.17) is 37.0 Å². The van der Waals surface area contributed by atoms with Gasteiger partial charge in [0.15, 0.2) is 12.2 Å². The molecule has 5 atom stereocenters. The molecule has 17 nitrogen and oxygen atoms in total. The lowest BCUT2D eigenvalue weighted by molar-refractivity contribution is -0.161. The van der Waals surface area contributed by atoms with Crippen LogP contribution in [0.3, 0.4) is 0 Å². The van der Waals surface area contributed by atoms with E-state index in [9.17, 15) is 43.2 Å². The van der Waals surface area contributed by atoms with Crippen molar-refractivity contribution in [3.63, 3.8) is 0 Å². The summed E-state index contributed by atoms with van der Waals surface area (Å²) in [5.74, 6) is -2.21. The van der Waals surface area contributed by atoms with Gasteiger partial charge in [-0.05, 0) is 116 Å². The van der Waals surface area contributed by atoms with Gasteiger partial charge in [-0.1, -0.05) is 267 Å². The summed E-state index contributed by atoms with van der Waals surface area (Å²) in [6, 6.07) is 0. The van der Waals surface area contributed by atoms with Gasteiger partial charge in [0, 0.05) is 25.7 Å². The number of carbonyl (C=O) groups excluding carboxylic acids is 4. The molecule has 0 aromatic rings. The second kappa shape index (κ2) is 69.7. The first kappa shape index (κ1) is 92.2. The second-order valence-electron chi connectivity index (χ2n) is 25.2. The zero-order chi connectivity index (χ0) is 70.4. The first-order valence-electron chi connectivity index (χ1n) is 37.8. The predicted octanol–water partition coefficient (Wildman–Crippen LogP) is 21.4. The fourth-order valence-electron chi connectivity index (χ4n) is 10.1. The van der Waals surface area contributed by atoms with E-state index in [1.54, 1.807) is 0 Å². The standard InChI is InChI=1S/C77H136O17P2/c1-5-9-13-17-21-25-29-32-34-35-37-40-43-46-50-54-58-62-75(80)88-68-73(94-77(82)64-60-56-52-48-44-38-31-27-23-19-15-11-7-3)70-92-96(85,86)90-66-71(78)65-89-95(83,84)91-69-72(93-76(81)63-59-55-51-47-41-28-24-20-16-12-8-4)67-87-74(79)61-57-53-49-45-42-39-36-33-30-26-22-18-14-10-6-2/h9,13,15,19,21,25,27,31-34,36-37,40,71-73,78H,5-8,10-12,14,16-18,20,22-24,26,28-30,35,38-39,41-70H2,1-4H3,(H,83,84)(H,85,86)/b13-9-,19-15-,25-21-,31-27-,34-32-,36-33-,40-37-. The van der Waals surface area contributed by atoms with Gasteiger partial charge >= 0.3 is 39.5 Å². The van der Waals surface area contributed by atoms with Crippen LogP contribution in [0.5, 0.6) is 0 Å². The van der Waals surface area contributed by atoms with Gasteiger partial charge in [-0.25, -0.2) is 9.13 Å². The van der Waals surface area contributed by atoms with E-state index in [0.29, 0.717) is 25.7 Å². The number of hydrogen-bond acceptors (Lipinski definition) is 15. The van der Waals surface area contributed by atoms with Crippen molar-refractivity contribution in [2.24, 2.45) is 0 Å². The zero-order valence-electron chi connectivity index (χ0n) is 60.5. The van der Waals surface area contributed by atoms with Crippen molar-refractivity contribution >= 4 is 39.5 Å². The Morgan fingerprint density at radius 3 is 0.885 bits per heavy atom. The van der Waals surface area contributed by atoms with Crippen molar-refractivity contribution in [3.05, 3.63) is 85.1 Å². The number of ether oxygens (including phenoxy) is 4. The molecule has 0 aromatic heterocycles. The van der Waals surface area contributed by atoms with Crippen molar-refractivity contribution < 1.29 is 80.2 Å². The number of rotatable bonds is 71. The van der Waals surface area contributed by atoms with Crippen LogP contribution in [0.15, 0.2) is 85.1 Å². The van der Waals surface area contributed by atoms with Gasteiger partial charge in [0.2, 0.25) is 0 Å². The van der Waals surface area contributed by atoms with Gasteiger partial charge in [0.05, 0.1) is 26.4 Å². The summed E-state index contributed by atoms with van der Waals surface area (Å²) in [5, 5.41) is 10.6. The summed E-state index contributed by atoms with van der Waals surface area (Å²) in [6.45, 7) is 4.65. The number of allylic oxidation sites excluding steroid dienone is 14. The summed E-state index contributed by atoms with van der Waals surface area (Å²) >= 11 is 0. The quantitative estimate of drug-likeness (QED) is 0.0169. The van der Waals surface area contributed by atoms with Crippen molar-refractivity contribution in [2.75, 3.05) is 39.6 Å². The minimum atomic E-state index is -4.98. The first-order valence-corrected chi connectivity index (χ1v) is 40.8. The van der Waals surface area contributed by atoms with Gasteiger partial charge < -0.3 is 33.8 Å². The number of hydrogen-bond donors (Lipinski definition) is 3. The largest absolute Gasteiger partial charge is 0.472 e. The Balaban J connectivity index is 5.33. The average Bonchev–Trinajstić information content (AvgIpc) is 1.17. The second-order valence-corrected chi connectivity index (χ2v) is 28.1. The molecule has 0 radical (unpaired) electrons. The molecule has 19 heteroatoms. The third-order valence-electron chi connectivity index (χ3n) is 15.8. The lowest BCUT2D eigenvalue weighted by atomic mass is 10.1. The van der Waals surface area contributed by atoms with Gasteiger partial charge in [-0.3, -0.25) is 37.3 Å². The number of carbonyl (C=O) groups is 4. The van der Waals surface area contributed by atoms with Gasteiger partial charge in [-0.15, -0.1) is 0 Å². The molecule has 0 aromatic carbocycles. The zero-order valence-corrected chi connectivity index (χ0v) is 62.3. The van der Waals surface area contributed by atoms with Crippen LogP contribution in [0, 0.1) is 0 Å². The maximum Gasteiger partial charge on any atom is 0.472 e. The topological polar surface area (TPSA) is 237 Å². The Kier molecular flexibility index (Phi) is 67.0. The maximum atomic E-state index is 13.1. The molecule has 0 saturated carbocycles. The molecule has 0 aliphatic carbocycles. The van der Waals surface area contributed by atoms with Crippen LogP contribution in [-0.4, -0.2) is 96.7 Å².